The average molecular weight is 345 g/mol. The van der Waals surface area contributed by atoms with Crippen molar-refractivity contribution in [2.45, 2.75) is 12.8 Å². The molecule has 2 aromatic heterocycles. The SMILES string of the molecule is C=C1Cc2ccc(N3CCCN(C)CC3)nc2-n2c1nc1ccccc12. The largest absolute Gasteiger partial charge is 0.355 e. The van der Waals surface area contributed by atoms with E-state index in [4.69, 9.17) is 9.97 Å². The number of anilines is 1. The van der Waals surface area contributed by atoms with Gasteiger partial charge in [0.25, 0.3) is 0 Å². The molecule has 1 saturated heterocycles. The zero-order valence-electron chi connectivity index (χ0n) is 15.1. The molecule has 0 amide bonds. The molecule has 0 saturated carbocycles. The highest BCUT2D eigenvalue weighted by atomic mass is 15.3. The number of hydrogen-bond acceptors (Lipinski definition) is 4. The Balaban J connectivity index is 1.64. The summed E-state index contributed by atoms with van der Waals surface area (Å²) in [7, 11) is 2.19. The topological polar surface area (TPSA) is 37.2 Å². The van der Waals surface area contributed by atoms with Gasteiger partial charge in [0.2, 0.25) is 0 Å². The van der Waals surface area contributed by atoms with Crippen molar-refractivity contribution in [1.82, 2.24) is 19.4 Å². The predicted molar refractivity (Wildman–Crippen MR) is 106 cm³/mol. The van der Waals surface area contributed by atoms with Gasteiger partial charge in [-0.1, -0.05) is 24.8 Å². The zero-order chi connectivity index (χ0) is 17.7. The number of nitrogens with zero attached hydrogens (tertiary/aromatic N) is 5. The van der Waals surface area contributed by atoms with E-state index in [2.05, 4.69) is 58.3 Å². The molecule has 2 aliphatic rings. The van der Waals surface area contributed by atoms with Gasteiger partial charge in [0.1, 0.15) is 17.5 Å². The van der Waals surface area contributed by atoms with Gasteiger partial charge in [0.05, 0.1) is 11.0 Å². The molecule has 5 rings (SSSR count). The fourth-order valence-corrected chi connectivity index (χ4v) is 4.04. The molecule has 5 nitrogen and oxygen atoms in total. The number of imidazole rings is 1. The van der Waals surface area contributed by atoms with Gasteiger partial charge in [0.15, 0.2) is 0 Å². The summed E-state index contributed by atoms with van der Waals surface area (Å²) in [4.78, 5) is 14.7. The summed E-state index contributed by atoms with van der Waals surface area (Å²) < 4.78 is 2.18. The third-order valence-electron chi connectivity index (χ3n) is 5.48. The molecule has 5 heteroatoms. The summed E-state index contributed by atoms with van der Waals surface area (Å²) in [5, 5.41) is 0. The molecular formula is C21H23N5. The lowest BCUT2D eigenvalue weighted by Crippen LogP contribution is -2.30. The molecule has 0 radical (unpaired) electrons. The number of aromatic nitrogens is 3. The van der Waals surface area contributed by atoms with Crippen molar-refractivity contribution >= 4 is 22.4 Å². The van der Waals surface area contributed by atoms with Gasteiger partial charge in [-0.15, -0.1) is 0 Å². The third-order valence-corrected chi connectivity index (χ3v) is 5.48. The molecule has 0 aliphatic carbocycles. The lowest BCUT2D eigenvalue weighted by Gasteiger charge is -2.25. The number of benzene rings is 1. The molecule has 0 bridgehead atoms. The minimum absolute atomic E-state index is 0.814. The number of fused-ring (bicyclic) bond motifs is 5. The summed E-state index contributed by atoms with van der Waals surface area (Å²) >= 11 is 0. The maximum absolute atomic E-state index is 5.09. The first-order valence-corrected chi connectivity index (χ1v) is 9.30. The van der Waals surface area contributed by atoms with E-state index in [1.807, 2.05) is 6.07 Å². The lowest BCUT2D eigenvalue weighted by molar-refractivity contribution is 0.360. The molecule has 1 fully saturated rings. The van der Waals surface area contributed by atoms with Gasteiger partial charge in [0, 0.05) is 31.6 Å². The van der Waals surface area contributed by atoms with Crippen LogP contribution in [0.1, 0.15) is 17.8 Å². The Kier molecular flexibility index (Phi) is 3.57. The zero-order valence-corrected chi connectivity index (χ0v) is 15.1. The third kappa shape index (κ3) is 2.42. The van der Waals surface area contributed by atoms with E-state index in [0.717, 1.165) is 66.7 Å². The highest BCUT2D eigenvalue weighted by Crippen LogP contribution is 2.34. The van der Waals surface area contributed by atoms with Gasteiger partial charge in [-0.25, -0.2) is 9.97 Å². The minimum atomic E-state index is 0.814. The van der Waals surface area contributed by atoms with E-state index in [1.165, 1.54) is 12.0 Å². The van der Waals surface area contributed by atoms with Crippen LogP contribution < -0.4 is 4.90 Å². The van der Waals surface area contributed by atoms with Crippen LogP contribution in [-0.2, 0) is 6.42 Å². The van der Waals surface area contributed by atoms with Gasteiger partial charge in [-0.3, -0.25) is 4.57 Å². The molecule has 1 aromatic carbocycles. The molecule has 4 heterocycles. The van der Waals surface area contributed by atoms with Crippen LogP contribution in [0.15, 0.2) is 43.0 Å². The van der Waals surface area contributed by atoms with Crippen LogP contribution in [0.2, 0.25) is 0 Å². The van der Waals surface area contributed by atoms with Crippen LogP contribution in [-0.4, -0.2) is 52.7 Å². The fourth-order valence-electron chi connectivity index (χ4n) is 4.04. The van der Waals surface area contributed by atoms with E-state index in [1.54, 1.807) is 0 Å². The number of rotatable bonds is 1. The monoisotopic (exact) mass is 345 g/mol. The van der Waals surface area contributed by atoms with Crippen molar-refractivity contribution < 1.29 is 0 Å². The van der Waals surface area contributed by atoms with Crippen LogP contribution in [0.25, 0.3) is 22.4 Å². The molecule has 0 spiro atoms. The number of allylic oxidation sites excluding steroid dienone is 1. The van der Waals surface area contributed by atoms with E-state index in [9.17, 15) is 0 Å². The maximum Gasteiger partial charge on any atom is 0.144 e. The van der Waals surface area contributed by atoms with E-state index < -0.39 is 0 Å². The standard InChI is InChI=1S/C21H23N5/c1-15-14-16-8-9-19(25-11-5-10-24(2)12-13-25)23-21(16)26-18-7-4-3-6-17(18)22-20(15)26/h3-4,6-9H,1,5,10-14H2,2H3. The second-order valence-corrected chi connectivity index (χ2v) is 7.34. The second kappa shape index (κ2) is 5.95. The van der Waals surface area contributed by atoms with Crippen LogP contribution in [0.5, 0.6) is 0 Å². The van der Waals surface area contributed by atoms with Gasteiger partial charge in [-0.05, 0) is 43.8 Å². The highest BCUT2D eigenvalue weighted by Gasteiger charge is 2.25. The van der Waals surface area contributed by atoms with Crippen molar-refractivity contribution in [3.63, 3.8) is 0 Å². The highest BCUT2D eigenvalue weighted by molar-refractivity contribution is 5.84. The average Bonchev–Trinajstić information content (AvgIpc) is 2.92. The van der Waals surface area contributed by atoms with Crippen LogP contribution >= 0.6 is 0 Å². The van der Waals surface area contributed by atoms with Gasteiger partial charge < -0.3 is 9.80 Å². The van der Waals surface area contributed by atoms with Crippen molar-refractivity contribution in [1.29, 1.82) is 0 Å². The van der Waals surface area contributed by atoms with Crippen molar-refractivity contribution in [3.05, 3.63) is 54.4 Å². The summed E-state index contributed by atoms with van der Waals surface area (Å²) in [6.07, 6.45) is 1.99. The number of para-hydroxylation sites is 2. The fraction of sp³-hybridized carbons (Fsp3) is 0.333. The first-order valence-electron chi connectivity index (χ1n) is 9.30. The molecule has 0 atom stereocenters. The summed E-state index contributed by atoms with van der Waals surface area (Å²) in [6.45, 7) is 8.56. The Morgan fingerprint density at radius 2 is 1.85 bits per heavy atom. The smallest absolute Gasteiger partial charge is 0.144 e. The summed E-state index contributed by atoms with van der Waals surface area (Å²) in [5.41, 5.74) is 4.38. The van der Waals surface area contributed by atoms with E-state index >= 15 is 0 Å². The van der Waals surface area contributed by atoms with E-state index in [0.29, 0.717) is 0 Å². The minimum Gasteiger partial charge on any atom is -0.355 e. The van der Waals surface area contributed by atoms with Crippen molar-refractivity contribution in [2.75, 3.05) is 38.1 Å². The quantitative estimate of drug-likeness (QED) is 0.679. The normalized spacial score (nSPS) is 17.9. The lowest BCUT2D eigenvalue weighted by atomic mass is 10.0. The van der Waals surface area contributed by atoms with E-state index in [-0.39, 0.29) is 0 Å². The molecule has 26 heavy (non-hydrogen) atoms. The molecule has 0 N–H and O–H groups in total. The molecular weight excluding hydrogens is 322 g/mol. The molecule has 2 aliphatic heterocycles. The van der Waals surface area contributed by atoms with Crippen LogP contribution in [0.3, 0.4) is 0 Å². The Morgan fingerprint density at radius 1 is 0.962 bits per heavy atom. The Bertz CT molecular complexity index is 1000. The maximum atomic E-state index is 5.09. The van der Waals surface area contributed by atoms with Gasteiger partial charge in [-0.2, -0.15) is 0 Å². The molecule has 0 unspecified atom stereocenters. The Hall–Kier alpha value is -2.66. The summed E-state index contributed by atoms with van der Waals surface area (Å²) in [6, 6.07) is 12.6. The molecule has 3 aromatic rings. The second-order valence-electron chi connectivity index (χ2n) is 7.34. The van der Waals surface area contributed by atoms with Crippen molar-refractivity contribution in [3.8, 4) is 5.82 Å². The number of likely N-dealkylation sites (N-methyl/N-ethyl adjacent to an activating group) is 1. The van der Waals surface area contributed by atoms with Crippen LogP contribution in [0.4, 0.5) is 5.82 Å². The molecule has 132 valence electrons. The first-order chi connectivity index (χ1) is 12.7. The predicted octanol–water partition coefficient (Wildman–Crippen LogP) is 3.13. The van der Waals surface area contributed by atoms with Crippen molar-refractivity contribution in [2.24, 2.45) is 0 Å². The van der Waals surface area contributed by atoms with Gasteiger partial charge >= 0.3 is 0 Å². The number of hydrogen-bond donors (Lipinski definition) is 0. The Morgan fingerprint density at radius 3 is 2.77 bits per heavy atom. The first kappa shape index (κ1) is 15.6. The van der Waals surface area contributed by atoms with Crippen LogP contribution in [0, 0.1) is 0 Å². The Labute approximate surface area is 153 Å². The summed E-state index contributed by atoms with van der Waals surface area (Å²) in [5.74, 6) is 3.02. The number of pyridine rings is 1.